The van der Waals surface area contributed by atoms with Gasteiger partial charge < -0.3 is 10.2 Å². The van der Waals surface area contributed by atoms with Gasteiger partial charge in [0.2, 0.25) is 0 Å². The van der Waals surface area contributed by atoms with Crippen molar-refractivity contribution in [2.45, 2.75) is 32.8 Å². The van der Waals surface area contributed by atoms with Crippen molar-refractivity contribution >= 4 is 22.5 Å². The number of nitrogens with one attached hydrogen (secondary N) is 1. The van der Waals surface area contributed by atoms with Crippen LogP contribution in [0.5, 0.6) is 0 Å². The number of amides is 1. The van der Waals surface area contributed by atoms with Crippen molar-refractivity contribution in [3.05, 3.63) is 65.9 Å². The lowest BCUT2D eigenvalue weighted by atomic mass is 9.98. The van der Waals surface area contributed by atoms with E-state index in [0.29, 0.717) is 12.1 Å². The Morgan fingerprint density at radius 1 is 1.21 bits per heavy atom. The van der Waals surface area contributed by atoms with E-state index in [9.17, 15) is 4.79 Å². The highest BCUT2D eigenvalue weighted by atomic mass is 16.6. The van der Waals surface area contributed by atoms with Crippen LogP contribution in [0.4, 0.5) is 0 Å². The molecule has 3 aromatic rings. The molecule has 1 atom stereocenters. The highest BCUT2D eigenvalue weighted by molar-refractivity contribution is 5.99. The van der Waals surface area contributed by atoms with Crippen molar-refractivity contribution in [1.82, 2.24) is 10.3 Å². The number of benzene rings is 2. The number of hydrogen-bond acceptors (Lipinski definition) is 4. The van der Waals surface area contributed by atoms with Gasteiger partial charge in [-0.25, -0.2) is 0 Å². The quantitative estimate of drug-likeness (QED) is 0.716. The maximum absolute atomic E-state index is 12.6. The number of aromatic nitrogens is 1. The number of nitrogens with zero attached hydrogens (tertiary/aromatic N) is 2. The highest BCUT2D eigenvalue weighted by Crippen LogP contribution is 2.28. The van der Waals surface area contributed by atoms with Gasteiger partial charge in [-0.15, -0.1) is 0 Å². The summed E-state index contributed by atoms with van der Waals surface area (Å²) in [6.45, 7) is 4.57. The van der Waals surface area contributed by atoms with Crippen LogP contribution >= 0.6 is 0 Å². The highest BCUT2D eigenvalue weighted by Gasteiger charge is 2.20. The predicted molar refractivity (Wildman–Crippen MR) is 111 cm³/mol. The van der Waals surface area contributed by atoms with Gasteiger partial charge in [0.25, 0.3) is 5.91 Å². The molecule has 0 unspecified atom stereocenters. The second-order valence-electron chi connectivity index (χ2n) is 7.11. The molecule has 2 heterocycles. The molecular formula is C23H23N3O2. The minimum absolute atomic E-state index is 0.0748. The molecule has 142 valence electrons. The van der Waals surface area contributed by atoms with Crippen molar-refractivity contribution < 1.29 is 9.63 Å². The zero-order valence-electron chi connectivity index (χ0n) is 16.1. The van der Waals surface area contributed by atoms with Crippen molar-refractivity contribution in [1.29, 1.82) is 0 Å². The van der Waals surface area contributed by atoms with E-state index in [2.05, 4.69) is 41.4 Å². The number of carbonyl (C=O) groups is 1. The molecule has 28 heavy (non-hydrogen) atoms. The maximum Gasteiger partial charge on any atom is 0.251 e. The summed E-state index contributed by atoms with van der Waals surface area (Å²) in [6, 6.07) is 15.9. The van der Waals surface area contributed by atoms with Crippen molar-refractivity contribution in [3.63, 3.8) is 0 Å². The van der Waals surface area contributed by atoms with Crippen LogP contribution in [0.1, 0.15) is 35.7 Å². The van der Waals surface area contributed by atoms with Crippen LogP contribution in [-0.2, 0) is 4.84 Å². The number of carbonyl (C=O) groups excluding carboxylic acids is 1. The molecule has 0 aliphatic carbocycles. The summed E-state index contributed by atoms with van der Waals surface area (Å²) >= 11 is 0. The van der Waals surface area contributed by atoms with Crippen molar-refractivity contribution in [2.75, 3.05) is 6.54 Å². The molecule has 1 aliphatic rings. The third kappa shape index (κ3) is 3.74. The van der Waals surface area contributed by atoms with Gasteiger partial charge >= 0.3 is 0 Å². The van der Waals surface area contributed by atoms with Crippen LogP contribution in [-0.4, -0.2) is 29.3 Å². The largest absolute Gasteiger partial charge is 0.390 e. The summed E-state index contributed by atoms with van der Waals surface area (Å²) in [7, 11) is 0. The molecule has 5 heteroatoms. The van der Waals surface area contributed by atoms with Crippen molar-refractivity contribution in [3.8, 4) is 11.1 Å². The van der Waals surface area contributed by atoms with Gasteiger partial charge in [-0.2, -0.15) is 0 Å². The maximum atomic E-state index is 12.6. The molecule has 4 rings (SSSR count). The zero-order valence-corrected chi connectivity index (χ0v) is 16.1. The van der Waals surface area contributed by atoms with Gasteiger partial charge in [-0.05, 0) is 54.8 Å². The number of fused-ring (bicyclic) bond motifs is 1. The molecule has 0 saturated carbocycles. The minimum atomic E-state index is -0.107. The average molecular weight is 373 g/mol. The molecule has 0 bridgehead atoms. The average Bonchev–Trinajstić information content (AvgIpc) is 3.20. The second kappa shape index (κ2) is 7.80. The van der Waals surface area contributed by atoms with Crippen LogP contribution < -0.4 is 5.32 Å². The molecule has 0 spiro atoms. The van der Waals surface area contributed by atoms with Gasteiger partial charge in [0.15, 0.2) is 0 Å². The van der Waals surface area contributed by atoms with Gasteiger partial charge in [0, 0.05) is 23.6 Å². The van der Waals surface area contributed by atoms with Gasteiger partial charge in [0.05, 0.1) is 17.8 Å². The number of aryl methyl sites for hydroxylation is 1. The third-order valence-electron chi connectivity index (χ3n) is 5.03. The number of pyridine rings is 1. The van der Waals surface area contributed by atoms with Crippen LogP contribution in [0, 0.1) is 6.92 Å². The number of oxime groups is 1. The van der Waals surface area contributed by atoms with Crippen LogP contribution in [0.25, 0.3) is 22.0 Å². The fraction of sp³-hybridized carbons (Fsp3) is 0.261. The molecule has 1 aromatic heterocycles. The Balaban J connectivity index is 1.54. The Hall–Kier alpha value is -3.21. The first-order chi connectivity index (χ1) is 13.6. The summed E-state index contributed by atoms with van der Waals surface area (Å²) in [5, 5.41) is 8.08. The molecule has 1 aliphatic heterocycles. The Morgan fingerprint density at radius 3 is 2.93 bits per heavy atom. The fourth-order valence-electron chi connectivity index (χ4n) is 3.45. The SMILES string of the molecule is CCC1=NO[C@@H](CNC(=O)c2cccc(-c3ccnc4ccc(C)cc34)c2)C1. The summed E-state index contributed by atoms with van der Waals surface area (Å²) in [4.78, 5) is 22.4. The Morgan fingerprint density at radius 2 is 2.11 bits per heavy atom. The van der Waals surface area contributed by atoms with Gasteiger partial charge in [0.1, 0.15) is 6.10 Å². The first kappa shape index (κ1) is 18.2. The molecule has 2 aromatic carbocycles. The normalized spacial score (nSPS) is 15.9. The summed E-state index contributed by atoms with van der Waals surface area (Å²) in [6.07, 6.45) is 3.39. The van der Waals surface area contributed by atoms with Crippen molar-refractivity contribution in [2.24, 2.45) is 5.16 Å². The van der Waals surface area contributed by atoms with Gasteiger partial charge in [-0.3, -0.25) is 9.78 Å². The van der Waals surface area contributed by atoms with E-state index >= 15 is 0 Å². The number of hydrogen-bond donors (Lipinski definition) is 1. The summed E-state index contributed by atoms with van der Waals surface area (Å²) < 4.78 is 0. The molecule has 0 fully saturated rings. The van der Waals surface area contributed by atoms with E-state index in [1.807, 2.05) is 42.6 Å². The van der Waals surface area contributed by atoms with E-state index < -0.39 is 0 Å². The smallest absolute Gasteiger partial charge is 0.251 e. The molecule has 5 nitrogen and oxygen atoms in total. The van der Waals surface area contributed by atoms with Crippen LogP contribution in [0.15, 0.2) is 59.9 Å². The molecule has 0 saturated heterocycles. The first-order valence-electron chi connectivity index (χ1n) is 9.59. The van der Waals surface area contributed by atoms with E-state index in [1.165, 1.54) is 5.56 Å². The van der Waals surface area contributed by atoms with Gasteiger partial charge in [-0.1, -0.05) is 35.8 Å². The third-order valence-corrected chi connectivity index (χ3v) is 5.03. The molecular weight excluding hydrogens is 350 g/mol. The first-order valence-corrected chi connectivity index (χ1v) is 9.59. The van der Waals surface area contributed by atoms with Crippen LogP contribution in [0.3, 0.4) is 0 Å². The number of rotatable bonds is 5. The Labute approximate surface area is 164 Å². The molecule has 1 amide bonds. The standard InChI is InChI=1S/C23H23N3O2/c1-3-18-13-19(28-26-18)14-25-23(27)17-6-4-5-16(12-17)20-9-10-24-22-8-7-15(2)11-21(20)22/h4-12,19H,3,13-14H2,1-2H3,(H,25,27)/t19-/m1/s1. The lowest BCUT2D eigenvalue weighted by Crippen LogP contribution is -2.32. The van der Waals surface area contributed by atoms with E-state index in [0.717, 1.165) is 40.6 Å². The zero-order chi connectivity index (χ0) is 19.5. The molecule has 0 radical (unpaired) electrons. The lowest BCUT2D eigenvalue weighted by Gasteiger charge is -2.11. The topological polar surface area (TPSA) is 63.6 Å². The summed E-state index contributed by atoms with van der Waals surface area (Å²) in [5.41, 5.74) is 5.87. The van der Waals surface area contributed by atoms with Crippen LogP contribution in [0.2, 0.25) is 0 Å². The Kier molecular flexibility index (Phi) is 5.06. The second-order valence-corrected chi connectivity index (χ2v) is 7.11. The monoisotopic (exact) mass is 373 g/mol. The summed E-state index contributed by atoms with van der Waals surface area (Å²) in [5.74, 6) is -0.107. The van der Waals surface area contributed by atoms with E-state index in [4.69, 9.17) is 4.84 Å². The molecule has 1 N–H and O–H groups in total. The minimum Gasteiger partial charge on any atom is -0.390 e. The fourth-order valence-corrected chi connectivity index (χ4v) is 3.45. The van der Waals surface area contributed by atoms with E-state index in [1.54, 1.807) is 0 Å². The predicted octanol–water partition coefficient (Wildman–Crippen LogP) is 4.49. The lowest BCUT2D eigenvalue weighted by molar-refractivity contribution is 0.0753. The van der Waals surface area contributed by atoms with E-state index in [-0.39, 0.29) is 12.0 Å². The Bertz CT molecular complexity index is 1060.